The summed E-state index contributed by atoms with van der Waals surface area (Å²) in [5.74, 6) is -3.65. The molecule has 0 radical (unpaired) electrons. The molecule has 0 saturated carbocycles. The van der Waals surface area contributed by atoms with Crippen molar-refractivity contribution in [1.82, 2.24) is 10.2 Å². The fourth-order valence-electron chi connectivity index (χ4n) is 2.75. The first-order valence-corrected chi connectivity index (χ1v) is 9.01. The van der Waals surface area contributed by atoms with E-state index >= 15 is 0 Å². The summed E-state index contributed by atoms with van der Waals surface area (Å²) in [7, 11) is 0. The third kappa shape index (κ3) is 6.25. The smallest absolute Gasteiger partial charge is 0.224 e. The highest BCUT2D eigenvalue weighted by molar-refractivity contribution is 5.77. The Labute approximate surface area is 158 Å². The summed E-state index contributed by atoms with van der Waals surface area (Å²) in [6.45, 7) is 7.85. The number of rotatable bonds is 12. The molecule has 0 aliphatic carbocycles. The number of hydrogen-bond acceptors (Lipinski definition) is 4. The van der Waals surface area contributed by atoms with Crippen LogP contribution in [-0.4, -0.2) is 49.6 Å². The molecule has 0 bridgehead atoms. The molecular formula is C19H28F2N2O4. The lowest BCUT2D eigenvalue weighted by atomic mass is 10.0. The van der Waals surface area contributed by atoms with E-state index in [1.54, 1.807) is 18.7 Å². The lowest BCUT2D eigenvalue weighted by molar-refractivity contribution is -0.252. The van der Waals surface area contributed by atoms with Gasteiger partial charge in [0.2, 0.25) is 18.1 Å². The van der Waals surface area contributed by atoms with Crippen molar-refractivity contribution >= 4 is 12.3 Å². The third-order valence-corrected chi connectivity index (χ3v) is 4.00. The summed E-state index contributed by atoms with van der Waals surface area (Å²) in [4.78, 5) is 24.6. The van der Waals surface area contributed by atoms with Crippen molar-refractivity contribution in [3.63, 3.8) is 0 Å². The Morgan fingerprint density at radius 2 is 1.85 bits per heavy atom. The van der Waals surface area contributed by atoms with Crippen molar-refractivity contribution in [2.45, 2.75) is 45.9 Å². The minimum absolute atomic E-state index is 0.00264. The van der Waals surface area contributed by atoms with Gasteiger partial charge >= 0.3 is 0 Å². The van der Waals surface area contributed by atoms with E-state index in [1.165, 1.54) is 6.07 Å². The van der Waals surface area contributed by atoms with Gasteiger partial charge in [-0.1, -0.05) is 6.07 Å². The van der Waals surface area contributed by atoms with E-state index in [0.29, 0.717) is 6.41 Å². The first-order chi connectivity index (χ1) is 12.8. The van der Waals surface area contributed by atoms with E-state index < -0.39 is 17.4 Å². The van der Waals surface area contributed by atoms with Crippen LogP contribution >= 0.6 is 0 Å². The van der Waals surface area contributed by atoms with Crippen LogP contribution in [0.4, 0.5) is 8.78 Å². The summed E-state index contributed by atoms with van der Waals surface area (Å²) in [6.07, 6.45) is 0.627. The number of nitrogens with one attached hydrogen (secondary N) is 1. The average Bonchev–Trinajstić information content (AvgIpc) is 2.62. The number of amides is 2. The number of hydrogen-bond donors (Lipinski definition) is 1. The van der Waals surface area contributed by atoms with E-state index in [-0.39, 0.29) is 50.2 Å². The zero-order valence-electron chi connectivity index (χ0n) is 16.3. The number of halogens is 2. The molecule has 0 atom stereocenters. The topological polar surface area (TPSA) is 67.9 Å². The summed E-state index contributed by atoms with van der Waals surface area (Å²) in [6, 6.07) is 3.23. The summed E-state index contributed by atoms with van der Waals surface area (Å²) >= 11 is 0. The molecule has 1 aromatic carbocycles. The minimum Gasteiger partial charge on any atom is -0.358 e. The van der Waals surface area contributed by atoms with Crippen molar-refractivity contribution in [3.8, 4) is 0 Å². The highest BCUT2D eigenvalue weighted by Crippen LogP contribution is 2.31. The molecule has 2 amide bonds. The monoisotopic (exact) mass is 386 g/mol. The molecule has 1 aromatic rings. The van der Waals surface area contributed by atoms with Gasteiger partial charge in [-0.15, -0.1) is 0 Å². The number of benzene rings is 1. The fourth-order valence-corrected chi connectivity index (χ4v) is 2.75. The molecule has 152 valence electrons. The molecule has 0 heterocycles. The molecule has 0 spiro atoms. The molecular weight excluding hydrogens is 358 g/mol. The molecule has 0 fully saturated rings. The van der Waals surface area contributed by atoms with Gasteiger partial charge in [-0.3, -0.25) is 9.59 Å². The first-order valence-electron chi connectivity index (χ1n) is 9.01. The van der Waals surface area contributed by atoms with Crippen LogP contribution in [0.25, 0.3) is 0 Å². The van der Waals surface area contributed by atoms with Crippen LogP contribution in [0, 0.1) is 11.6 Å². The summed E-state index contributed by atoms with van der Waals surface area (Å²) < 4.78 is 38.9. The lowest BCUT2D eigenvalue weighted by Gasteiger charge is -2.39. The van der Waals surface area contributed by atoms with E-state index in [9.17, 15) is 18.4 Å². The van der Waals surface area contributed by atoms with Crippen molar-refractivity contribution in [2.24, 2.45) is 0 Å². The highest BCUT2D eigenvalue weighted by atomic mass is 19.2. The average molecular weight is 386 g/mol. The van der Waals surface area contributed by atoms with Crippen molar-refractivity contribution in [2.75, 3.05) is 26.3 Å². The molecule has 0 saturated heterocycles. The van der Waals surface area contributed by atoms with Gasteiger partial charge in [0.25, 0.3) is 0 Å². The maximum atomic E-state index is 13.8. The molecule has 8 heteroatoms. The van der Waals surface area contributed by atoms with Gasteiger partial charge in [0.1, 0.15) is 0 Å². The molecule has 0 aliphatic rings. The number of nitrogens with zero attached hydrogens (tertiary/aromatic N) is 1. The van der Waals surface area contributed by atoms with E-state index in [2.05, 4.69) is 5.32 Å². The minimum atomic E-state index is -1.43. The Morgan fingerprint density at radius 1 is 1.22 bits per heavy atom. The van der Waals surface area contributed by atoms with Crippen LogP contribution in [0.5, 0.6) is 0 Å². The standard InChI is InChI=1S/C19H28F2N2O4/c1-5-26-19(27-6-2,15-7-8-16(20)17(21)11-15)12-23(14(3)4)18(25)9-10-22-13-24/h7-8,11,13-14H,5-6,9-10,12H2,1-4H3,(H,22,24). The predicted molar refractivity (Wildman–Crippen MR) is 96.8 cm³/mol. The van der Waals surface area contributed by atoms with Crippen LogP contribution in [0.2, 0.25) is 0 Å². The molecule has 1 N–H and O–H groups in total. The Bertz CT molecular complexity index is 620. The predicted octanol–water partition coefficient (Wildman–Crippen LogP) is 2.56. The van der Waals surface area contributed by atoms with Gasteiger partial charge in [0.05, 0.1) is 6.54 Å². The molecule has 6 nitrogen and oxygen atoms in total. The van der Waals surface area contributed by atoms with Crippen molar-refractivity contribution < 1.29 is 27.8 Å². The Kier molecular flexibility index (Phi) is 9.31. The van der Waals surface area contributed by atoms with Crippen LogP contribution in [0.1, 0.15) is 39.7 Å². The highest BCUT2D eigenvalue weighted by Gasteiger charge is 2.39. The number of ether oxygens (including phenoxy) is 2. The van der Waals surface area contributed by atoms with Crippen LogP contribution in [0.3, 0.4) is 0 Å². The molecule has 27 heavy (non-hydrogen) atoms. The molecule has 1 rings (SSSR count). The maximum Gasteiger partial charge on any atom is 0.224 e. The number of carbonyl (C=O) groups excluding carboxylic acids is 2. The number of carbonyl (C=O) groups is 2. The third-order valence-electron chi connectivity index (χ3n) is 4.00. The van der Waals surface area contributed by atoms with E-state index in [1.807, 2.05) is 13.8 Å². The van der Waals surface area contributed by atoms with Gasteiger partial charge in [-0.25, -0.2) is 8.78 Å². The summed E-state index contributed by atoms with van der Waals surface area (Å²) in [5, 5.41) is 2.45. The second kappa shape index (κ2) is 10.9. The van der Waals surface area contributed by atoms with Crippen LogP contribution in [0.15, 0.2) is 18.2 Å². The van der Waals surface area contributed by atoms with E-state index in [4.69, 9.17) is 9.47 Å². The Balaban J connectivity index is 3.24. The fraction of sp³-hybridized carbons (Fsp3) is 0.579. The zero-order chi connectivity index (χ0) is 20.4. The first kappa shape index (κ1) is 23.0. The van der Waals surface area contributed by atoms with Gasteiger partial charge in [-0.2, -0.15) is 0 Å². The second-order valence-corrected chi connectivity index (χ2v) is 6.19. The maximum absolute atomic E-state index is 13.8. The Morgan fingerprint density at radius 3 is 2.33 bits per heavy atom. The molecule has 0 aromatic heterocycles. The van der Waals surface area contributed by atoms with Gasteiger partial charge in [-0.05, 0) is 39.8 Å². The van der Waals surface area contributed by atoms with Crippen molar-refractivity contribution in [1.29, 1.82) is 0 Å². The Hall–Kier alpha value is -2.06. The van der Waals surface area contributed by atoms with Gasteiger partial charge in [0.15, 0.2) is 11.6 Å². The van der Waals surface area contributed by atoms with Gasteiger partial charge in [0, 0.05) is 37.8 Å². The lowest BCUT2D eigenvalue weighted by Crippen LogP contribution is -2.50. The second-order valence-electron chi connectivity index (χ2n) is 6.19. The van der Waals surface area contributed by atoms with Gasteiger partial charge < -0.3 is 19.7 Å². The SMILES string of the molecule is CCOC(CN(C(=O)CCNC=O)C(C)C)(OCC)c1ccc(F)c(F)c1. The van der Waals surface area contributed by atoms with E-state index in [0.717, 1.165) is 12.1 Å². The van der Waals surface area contributed by atoms with Crippen molar-refractivity contribution in [3.05, 3.63) is 35.4 Å². The normalized spacial score (nSPS) is 11.5. The quantitative estimate of drug-likeness (QED) is 0.341. The molecule has 0 aliphatic heterocycles. The zero-order valence-corrected chi connectivity index (χ0v) is 16.3. The van der Waals surface area contributed by atoms with Crippen LogP contribution in [-0.2, 0) is 24.8 Å². The molecule has 0 unspecified atom stereocenters. The van der Waals surface area contributed by atoms with Crippen LogP contribution < -0.4 is 5.32 Å². The summed E-state index contributed by atoms with van der Waals surface area (Å²) in [5.41, 5.74) is 0.287. The largest absolute Gasteiger partial charge is 0.358 e.